The molecular weight excluding hydrogens is 807 g/mol. The average molecular weight is 848 g/mol. The molecule has 308 valence electrons. The van der Waals surface area contributed by atoms with Gasteiger partial charge >= 0.3 is 12.1 Å². The summed E-state index contributed by atoms with van der Waals surface area (Å²) >= 11 is 7.82. The molecule has 59 heavy (non-hydrogen) atoms. The smallest absolute Gasteiger partial charge is 0.412 e. The molecule has 3 aliphatic rings. The lowest BCUT2D eigenvalue weighted by molar-refractivity contribution is 0.0636. The number of amides is 2. The molecule has 0 aliphatic carbocycles. The molecule has 2 amide bonds. The highest BCUT2D eigenvalue weighted by Gasteiger charge is 2.47. The van der Waals surface area contributed by atoms with Gasteiger partial charge in [0.2, 0.25) is 0 Å². The van der Waals surface area contributed by atoms with Gasteiger partial charge in [-0.3, -0.25) is 19.7 Å². The van der Waals surface area contributed by atoms with Crippen molar-refractivity contribution in [1.82, 2.24) is 29.5 Å². The molecule has 13 nitrogen and oxygen atoms in total. The minimum Gasteiger partial charge on any atom is -0.461 e. The fourth-order valence-electron chi connectivity index (χ4n) is 8.31. The van der Waals surface area contributed by atoms with Gasteiger partial charge < -0.3 is 19.3 Å². The van der Waals surface area contributed by atoms with Crippen molar-refractivity contribution < 1.29 is 32.2 Å². The summed E-state index contributed by atoms with van der Waals surface area (Å²) < 4.78 is 60.3. The van der Waals surface area contributed by atoms with E-state index < -0.39 is 28.9 Å². The molecule has 5 aromatic rings. The Morgan fingerprint density at radius 3 is 2.66 bits per heavy atom. The highest BCUT2D eigenvalue weighted by molar-refractivity contribution is 7.23. The average Bonchev–Trinajstić information content (AvgIpc) is 3.92. The summed E-state index contributed by atoms with van der Waals surface area (Å²) in [6.45, 7) is 7.71. The number of hydrogen-bond acceptors (Lipinski definition) is 11. The number of nitrogens with zero attached hydrogens (tertiary/aromatic N) is 8. The third kappa shape index (κ3) is 7.42. The summed E-state index contributed by atoms with van der Waals surface area (Å²) in [5.41, 5.74) is 0.114. The van der Waals surface area contributed by atoms with E-state index in [1.54, 1.807) is 45.6 Å². The molecule has 2 aromatic carbocycles. The molecule has 6 heterocycles. The number of rotatable bonds is 7. The first-order valence-corrected chi connectivity index (χ1v) is 20.3. The predicted octanol–water partition coefficient (Wildman–Crippen LogP) is 8.44. The van der Waals surface area contributed by atoms with Crippen LogP contribution in [0.3, 0.4) is 0 Å². The van der Waals surface area contributed by atoms with Gasteiger partial charge in [-0.2, -0.15) is 20.3 Å². The Bertz CT molecular complexity index is 2620. The van der Waals surface area contributed by atoms with Gasteiger partial charge in [0.1, 0.15) is 40.4 Å². The van der Waals surface area contributed by atoms with Gasteiger partial charge in [-0.25, -0.2) is 18.0 Å². The Morgan fingerprint density at radius 1 is 1.14 bits per heavy atom. The van der Waals surface area contributed by atoms with E-state index in [0.29, 0.717) is 55.9 Å². The van der Waals surface area contributed by atoms with Crippen LogP contribution >= 0.6 is 22.9 Å². The van der Waals surface area contributed by atoms with Crippen molar-refractivity contribution in [2.75, 3.05) is 50.6 Å². The lowest BCUT2D eigenvalue weighted by Gasteiger charge is -2.31. The van der Waals surface area contributed by atoms with Crippen LogP contribution in [0.1, 0.15) is 68.2 Å². The number of ether oxygens (including phenoxy) is 2. The van der Waals surface area contributed by atoms with E-state index in [1.807, 2.05) is 4.90 Å². The number of carbonyl (C=O) groups is 2. The summed E-state index contributed by atoms with van der Waals surface area (Å²) in [7, 11) is 3.31. The molecule has 2 fully saturated rings. The van der Waals surface area contributed by atoms with Crippen molar-refractivity contribution in [3.8, 4) is 23.2 Å². The fraction of sp³-hybridized carbons (Fsp3) is 0.415. The lowest BCUT2D eigenvalue weighted by atomic mass is 9.94. The van der Waals surface area contributed by atoms with Crippen LogP contribution in [0.4, 0.5) is 28.8 Å². The molecule has 1 N–H and O–H groups in total. The van der Waals surface area contributed by atoms with Crippen LogP contribution in [-0.2, 0) is 17.8 Å². The number of aryl methyl sites for hydroxylation is 1. The van der Waals surface area contributed by atoms with Crippen LogP contribution in [0.15, 0.2) is 36.2 Å². The molecular formula is C41H41ClF3N9O4S. The van der Waals surface area contributed by atoms with Crippen LogP contribution in [0.25, 0.3) is 32.1 Å². The van der Waals surface area contributed by atoms with Crippen LogP contribution in [-0.4, -0.2) is 93.0 Å². The minimum atomic E-state index is -0.867. The van der Waals surface area contributed by atoms with E-state index in [1.165, 1.54) is 17.0 Å². The fourth-order valence-corrected chi connectivity index (χ4v) is 9.67. The van der Waals surface area contributed by atoms with Crippen molar-refractivity contribution in [2.45, 2.75) is 70.7 Å². The van der Waals surface area contributed by atoms with E-state index in [2.05, 4.69) is 26.4 Å². The number of aromatic nitrogens is 4. The number of halogens is 4. The molecule has 3 aromatic heterocycles. The number of nitriles is 1. The van der Waals surface area contributed by atoms with Crippen LogP contribution < -0.4 is 15.0 Å². The molecule has 0 spiro atoms. The van der Waals surface area contributed by atoms with Crippen molar-refractivity contribution >= 4 is 66.7 Å². The number of benzene rings is 2. The lowest BCUT2D eigenvalue weighted by Crippen LogP contribution is -2.43. The van der Waals surface area contributed by atoms with Crippen molar-refractivity contribution in [3.63, 3.8) is 0 Å². The molecule has 0 unspecified atom stereocenters. The maximum absolute atomic E-state index is 17.5. The number of carbonyl (C=O) groups excluding carboxylic acids is 2. The van der Waals surface area contributed by atoms with Crippen LogP contribution in [0.2, 0.25) is 5.02 Å². The molecule has 0 bridgehead atoms. The highest BCUT2D eigenvalue weighted by Crippen LogP contribution is 2.47. The Hall–Kier alpha value is -5.44. The highest BCUT2D eigenvalue weighted by atomic mass is 35.5. The minimum absolute atomic E-state index is 0.00000264. The van der Waals surface area contributed by atoms with Crippen molar-refractivity contribution in [2.24, 2.45) is 0 Å². The number of fused-ring (bicyclic) bond motifs is 4. The van der Waals surface area contributed by atoms with Gasteiger partial charge in [-0.15, -0.1) is 11.3 Å². The molecule has 3 aliphatic heterocycles. The quantitative estimate of drug-likeness (QED) is 0.170. The summed E-state index contributed by atoms with van der Waals surface area (Å²) in [6.07, 6.45) is 2.59. The maximum atomic E-state index is 17.5. The SMILES string of the molecule is CN(C)C(=O)c1cc2n(n1)CCCN(c1nc(OC[C@@]34CCCN3C/C(=C\F)C4)nc3c(F)c(-c4ccc(F)c5sc(NC(=O)OC(C)(C)C)c(C#N)c45)c(Cl)cc13)C2. The molecule has 1 atom stereocenters. The van der Waals surface area contributed by atoms with E-state index in [4.69, 9.17) is 26.1 Å². The van der Waals surface area contributed by atoms with Crippen LogP contribution in [0, 0.1) is 23.0 Å². The largest absolute Gasteiger partial charge is 0.461 e. The number of thiophene rings is 1. The van der Waals surface area contributed by atoms with E-state index in [9.17, 15) is 19.2 Å². The standard InChI is InChI=1S/C41H41ClF3N9O4S/c1-40(2,3)58-39(56)49-36-26(18-46)30-24(8-9-28(44)34(30)59-36)31-27(42)15-25-33(32(31)45)47-38(57-21-41-10-6-12-53(41)19-22(16-41)17-43)48-35(25)52-11-7-13-54-23(20-52)14-29(50-54)37(55)51(4)5/h8-9,14-15,17H,6-7,10-13,16,19-21H2,1-5H3,(H,49,56)/b22-17-/t41-/m0/s1. The number of hydrogen-bond donors (Lipinski definition) is 1. The first-order valence-electron chi connectivity index (χ1n) is 19.1. The monoisotopic (exact) mass is 847 g/mol. The maximum Gasteiger partial charge on any atom is 0.412 e. The third-order valence-electron chi connectivity index (χ3n) is 10.9. The predicted molar refractivity (Wildman–Crippen MR) is 219 cm³/mol. The second kappa shape index (κ2) is 15.3. The zero-order valence-corrected chi connectivity index (χ0v) is 34.7. The van der Waals surface area contributed by atoms with Gasteiger partial charge in [0.25, 0.3) is 5.91 Å². The number of anilines is 2. The van der Waals surface area contributed by atoms with E-state index in [-0.39, 0.29) is 72.8 Å². The Balaban J connectivity index is 1.27. The van der Waals surface area contributed by atoms with E-state index in [0.717, 1.165) is 42.5 Å². The normalized spacial score (nSPS) is 18.8. The van der Waals surface area contributed by atoms with Crippen molar-refractivity contribution in [1.29, 1.82) is 5.26 Å². The second-order valence-electron chi connectivity index (χ2n) is 16.3. The summed E-state index contributed by atoms with van der Waals surface area (Å²) in [5.74, 6) is -1.47. The Kier molecular flexibility index (Phi) is 10.5. The van der Waals surface area contributed by atoms with Gasteiger partial charge in [-0.1, -0.05) is 17.7 Å². The summed E-state index contributed by atoms with van der Waals surface area (Å²) in [6, 6.07) is 7.70. The Morgan fingerprint density at radius 2 is 1.93 bits per heavy atom. The first kappa shape index (κ1) is 40.3. The van der Waals surface area contributed by atoms with Gasteiger partial charge in [0.05, 0.1) is 39.4 Å². The second-order valence-corrected chi connectivity index (χ2v) is 17.7. The van der Waals surface area contributed by atoms with Crippen molar-refractivity contribution in [3.05, 3.63) is 69.8 Å². The van der Waals surface area contributed by atoms with Gasteiger partial charge in [-0.05, 0) is 82.3 Å². The Labute approximate surface area is 346 Å². The van der Waals surface area contributed by atoms with E-state index >= 15 is 8.78 Å². The summed E-state index contributed by atoms with van der Waals surface area (Å²) in [4.78, 5) is 40.7. The van der Waals surface area contributed by atoms with Gasteiger partial charge in [0, 0.05) is 50.1 Å². The zero-order chi connectivity index (χ0) is 42.0. The third-order valence-corrected chi connectivity index (χ3v) is 12.3. The topological polar surface area (TPSA) is 142 Å². The number of nitrogens with one attached hydrogen (secondary N) is 1. The molecule has 0 saturated carbocycles. The van der Waals surface area contributed by atoms with Gasteiger partial charge in [0.15, 0.2) is 11.5 Å². The zero-order valence-electron chi connectivity index (χ0n) is 33.1. The summed E-state index contributed by atoms with van der Waals surface area (Å²) in [5, 5.41) is 17.7. The van der Waals surface area contributed by atoms with Crippen LogP contribution in [0.5, 0.6) is 6.01 Å². The molecule has 18 heteroatoms. The first-order chi connectivity index (χ1) is 28.1. The molecule has 0 radical (unpaired) electrons. The molecule has 8 rings (SSSR count). The molecule has 2 saturated heterocycles.